The van der Waals surface area contributed by atoms with E-state index in [1.165, 1.54) is 28.6 Å². The Kier molecular flexibility index (Phi) is 9.44. The average Bonchev–Trinajstić information content (AvgIpc) is 3.33. The number of β-amino-alcohol motifs (C(OH)–C–C–N with tert-alkyl or cyclic N) is 1. The number of rotatable bonds is 9. The topological polar surface area (TPSA) is 108 Å². The molecular formula is C30H35F4N5O4S. The minimum absolute atomic E-state index is 0.0105. The van der Waals surface area contributed by atoms with Crippen molar-refractivity contribution in [1.82, 2.24) is 24.3 Å². The minimum atomic E-state index is -4.71. The lowest BCUT2D eigenvalue weighted by molar-refractivity contribution is -0.138. The Balaban J connectivity index is 1.47. The number of piperidine rings is 1. The Bertz CT molecular complexity index is 1600. The second-order valence-corrected chi connectivity index (χ2v) is 13.4. The van der Waals surface area contributed by atoms with Crippen molar-refractivity contribution in [2.75, 3.05) is 32.4 Å². The molecule has 3 heterocycles. The molecule has 0 radical (unpaired) electrons. The molecule has 1 fully saturated rings. The van der Waals surface area contributed by atoms with E-state index in [0.717, 1.165) is 62.5 Å². The van der Waals surface area contributed by atoms with Gasteiger partial charge in [-0.1, -0.05) is 12.5 Å². The lowest BCUT2D eigenvalue weighted by Crippen LogP contribution is -2.39. The van der Waals surface area contributed by atoms with Crippen molar-refractivity contribution >= 4 is 15.9 Å². The molecule has 1 aromatic heterocycles. The summed E-state index contributed by atoms with van der Waals surface area (Å²) in [6.45, 7) is 2.14. The van der Waals surface area contributed by atoms with Crippen LogP contribution in [-0.4, -0.2) is 77.0 Å². The fourth-order valence-electron chi connectivity index (χ4n) is 5.87. The number of alkyl halides is 3. The predicted octanol–water partition coefficient (Wildman–Crippen LogP) is 3.80. The summed E-state index contributed by atoms with van der Waals surface area (Å²) in [4.78, 5) is 14.8. The number of nitrogens with zero attached hydrogens (tertiary/aromatic N) is 4. The molecule has 3 aromatic rings. The Labute approximate surface area is 253 Å². The van der Waals surface area contributed by atoms with Crippen LogP contribution in [0, 0.1) is 5.82 Å². The Morgan fingerprint density at radius 2 is 1.75 bits per heavy atom. The maximum Gasteiger partial charge on any atom is 0.416 e. The van der Waals surface area contributed by atoms with E-state index >= 15 is 0 Å². The van der Waals surface area contributed by atoms with Crippen LogP contribution < -0.4 is 5.32 Å². The summed E-state index contributed by atoms with van der Waals surface area (Å²) in [6.07, 6.45) is -0.741. The number of likely N-dealkylation sites (tertiary alicyclic amines) is 1. The highest BCUT2D eigenvalue weighted by molar-refractivity contribution is 7.88. The van der Waals surface area contributed by atoms with E-state index in [9.17, 15) is 35.9 Å². The number of nitrogens with one attached hydrogen (secondary N) is 1. The molecule has 44 heavy (non-hydrogen) atoms. The van der Waals surface area contributed by atoms with E-state index in [0.29, 0.717) is 29.8 Å². The fourth-order valence-corrected chi connectivity index (χ4v) is 6.66. The van der Waals surface area contributed by atoms with Gasteiger partial charge >= 0.3 is 6.18 Å². The van der Waals surface area contributed by atoms with Gasteiger partial charge in [0.25, 0.3) is 5.91 Å². The summed E-state index contributed by atoms with van der Waals surface area (Å²) in [5, 5.41) is 18.1. The molecular weight excluding hydrogens is 602 g/mol. The fraction of sp³-hybridized carbons (Fsp3) is 0.467. The first-order chi connectivity index (χ1) is 20.8. The van der Waals surface area contributed by atoms with Gasteiger partial charge in [-0.25, -0.2) is 12.8 Å². The number of halogens is 4. The van der Waals surface area contributed by atoms with E-state index in [1.807, 2.05) is 0 Å². The average molecular weight is 638 g/mol. The van der Waals surface area contributed by atoms with Crippen molar-refractivity contribution in [2.24, 2.45) is 0 Å². The number of aromatic nitrogens is 2. The molecule has 2 aromatic carbocycles. The summed E-state index contributed by atoms with van der Waals surface area (Å²) in [7, 11) is -3.56. The summed E-state index contributed by atoms with van der Waals surface area (Å²) < 4.78 is 83.0. The van der Waals surface area contributed by atoms with Gasteiger partial charge in [0.15, 0.2) is 0 Å². The third kappa shape index (κ3) is 7.48. The second-order valence-electron chi connectivity index (χ2n) is 11.4. The van der Waals surface area contributed by atoms with Crippen LogP contribution >= 0.6 is 0 Å². The zero-order valence-electron chi connectivity index (χ0n) is 24.3. The molecule has 1 amide bonds. The Morgan fingerprint density at radius 3 is 2.41 bits per heavy atom. The van der Waals surface area contributed by atoms with Crippen LogP contribution in [0.15, 0.2) is 42.5 Å². The Hall–Kier alpha value is -3.33. The van der Waals surface area contributed by atoms with Crippen molar-refractivity contribution in [1.29, 1.82) is 0 Å². The number of sulfonamides is 1. The monoisotopic (exact) mass is 637 g/mol. The summed E-state index contributed by atoms with van der Waals surface area (Å²) in [5.41, 5.74) is 0.862. The van der Waals surface area contributed by atoms with Crippen LogP contribution in [0.4, 0.5) is 17.6 Å². The second kappa shape index (κ2) is 13.0. The first-order valence-corrected chi connectivity index (χ1v) is 16.3. The van der Waals surface area contributed by atoms with Gasteiger partial charge < -0.3 is 15.3 Å². The van der Waals surface area contributed by atoms with Gasteiger partial charge in [-0.15, -0.1) is 0 Å². The zero-order chi connectivity index (χ0) is 31.6. The van der Waals surface area contributed by atoms with Crippen LogP contribution in [-0.2, 0) is 42.3 Å². The van der Waals surface area contributed by atoms with Crippen molar-refractivity contribution in [2.45, 2.75) is 57.6 Å². The van der Waals surface area contributed by atoms with Crippen molar-refractivity contribution < 1.29 is 35.9 Å². The highest BCUT2D eigenvalue weighted by Gasteiger charge is 2.35. The molecule has 2 aliphatic rings. The van der Waals surface area contributed by atoms with Crippen LogP contribution in [0.1, 0.15) is 52.0 Å². The smallest absolute Gasteiger partial charge is 0.390 e. The number of benzene rings is 2. The third-order valence-corrected chi connectivity index (χ3v) is 9.35. The maximum absolute atomic E-state index is 14.0. The molecule has 1 saturated heterocycles. The highest BCUT2D eigenvalue weighted by Crippen LogP contribution is 2.37. The summed E-state index contributed by atoms with van der Waals surface area (Å²) in [5.74, 6) is -1.22. The number of aliphatic hydroxyl groups is 1. The molecule has 1 atom stereocenters. The zero-order valence-corrected chi connectivity index (χ0v) is 25.1. The molecule has 0 bridgehead atoms. The standard InChI is InChI=1S/C30H35F4N5O4S/c1-44(42,43)38-14-11-27-25(19-38)28(36-39(27)18-24(40)17-37-12-3-2-4-13-37)21-7-10-26(30(32,33)34)22(15-21)16-35-29(41)20-5-8-23(31)9-6-20/h5-10,15,24,40H,2-4,11-14,16-19H2,1H3,(H,35,41). The van der Waals surface area contributed by atoms with Crippen molar-refractivity contribution in [3.05, 3.63) is 76.2 Å². The first-order valence-electron chi connectivity index (χ1n) is 14.5. The predicted molar refractivity (Wildman–Crippen MR) is 155 cm³/mol. The van der Waals surface area contributed by atoms with Crippen LogP contribution in [0.3, 0.4) is 0 Å². The molecule has 0 spiro atoms. The lowest BCUT2D eigenvalue weighted by Gasteiger charge is -2.29. The summed E-state index contributed by atoms with van der Waals surface area (Å²) >= 11 is 0. The number of hydrogen-bond donors (Lipinski definition) is 2. The van der Waals surface area contributed by atoms with E-state index in [-0.39, 0.29) is 30.8 Å². The molecule has 238 valence electrons. The van der Waals surface area contributed by atoms with Gasteiger partial charge in [0.05, 0.1) is 30.2 Å². The van der Waals surface area contributed by atoms with Crippen molar-refractivity contribution in [3.63, 3.8) is 0 Å². The summed E-state index contributed by atoms with van der Waals surface area (Å²) in [6, 6.07) is 8.13. The van der Waals surface area contributed by atoms with Gasteiger partial charge in [-0.05, 0) is 67.9 Å². The number of aliphatic hydroxyl groups excluding tert-OH is 1. The lowest BCUT2D eigenvalue weighted by atomic mass is 9.97. The van der Waals surface area contributed by atoms with Crippen LogP contribution in [0.5, 0.6) is 0 Å². The van der Waals surface area contributed by atoms with Gasteiger partial charge in [0.1, 0.15) is 5.82 Å². The first kappa shape index (κ1) is 32.1. The van der Waals surface area contributed by atoms with Gasteiger partial charge in [0.2, 0.25) is 10.0 Å². The number of carbonyl (C=O) groups is 1. The minimum Gasteiger partial charge on any atom is -0.390 e. The molecule has 14 heteroatoms. The molecule has 5 rings (SSSR count). The number of hydrogen-bond acceptors (Lipinski definition) is 6. The van der Waals surface area contributed by atoms with Crippen molar-refractivity contribution in [3.8, 4) is 11.3 Å². The van der Waals surface area contributed by atoms with E-state index in [4.69, 9.17) is 5.10 Å². The number of carbonyl (C=O) groups excluding carboxylic acids is 1. The van der Waals surface area contributed by atoms with Crippen LogP contribution in [0.25, 0.3) is 11.3 Å². The molecule has 1 unspecified atom stereocenters. The molecule has 2 N–H and O–H groups in total. The number of amides is 1. The van der Waals surface area contributed by atoms with Gasteiger partial charge in [-0.3, -0.25) is 9.48 Å². The number of fused-ring (bicyclic) bond motifs is 1. The SMILES string of the molecule is CS(=O)(=O)N1CCc2c(c(-c3ccc(C(F)(F)F)c(CNC(=O)c4ccc(F)cc4)c3)nn2CC(O)CN2CCCCC2)C1. The largest absolute Gasteiger partial charge is 0.416 e. The molecule has 9 nitrogen and oxygen atoms in total. The van der Waals surface area contributed by atoms with E-state index in [1.54, 1.807) is 4.68 Å². The Morgan fingerprint density at radius 1 is 1.05 bits per heavy atom. The van der Waals surface area contributed by atoms with Gasteiger partial charge in [0, 0.05) is 55.0 Å². The molecule has 0 saturated carbocycles. The van der Waals surface area contributed by atoms with Gasteiger partial charge in [-0.2, -0.15) is 22.6 Å². The third-order valence-electron chi connectivity index (χ3n) is 8.10. The maximum atomic E-state index is 14.0. The quantitative estimate of drug-likeness (QED) is 0.346. The highest BCUT2D eigenvalue weighted by atomic mass is 32.2. The van der Waals surface area contributed by atoms with E-state index < -0.39 is 46.1 Å². The normalized spacial score (nSPS) is 17.3. The van der Waals surface area contributed by atoms with E-state index in [2.05, 4.69) is 10.2 Å². The molecule has 0 aliphatic carbocycles. The van der Waals surface area contributed by atoms with Crippen LogP contribution in [0.2, 0.25) is 0 Å². The molecule has 2 aliphatic heterocycles.